The van der Waals surface area contributed by atoms with E-state index < -0.39 is 5.82 Å². The number of benzene rings is 1. The van der Waals surface area contributed by atoms with Gasteiger partial charge in [-0.25, -0.2) is 4.39 Å². The molecule has 0 fully saturated rings. The number of hydrogen-bond acceptors (Lipinski definition) is 2. The van der Waals surface area contributed by atoms with Crippen molar-refractivity contribution in [2.24, 2.45) is 0 Å². The van der Waals surface area contributed by atoms with Crippen molar-refractivity contribution in [3.63, 3.8) is 0 Å². The normalized spacial score (nSPS) is 9.40. The summed E-state index contributed by atoms with van der Waals surface area (Å²) in [4.78, 5) is 11.2. The number of ether oxygens (including phenoxy) is 1. The summed E-state index contributed by atoms with van der Waals surface area (Å²) in [5, 5.41) is 0. The zero-order valence-corrected chi connectivity index (χ0v) is 8.42. The Balaban J connectivity index is 2.87. The molecule has 0 aliphatic carbocycles. The summed E-state index contributed by atoms with van der Waals surface area (Å²) in [6.07, 6.45) is 5.51. The number of carbonyl (C=O) groups excluding carboxylic acids is 1. The van der Waals surface area contributed by atoms with E-state index in [0.29, 0.717) is 18.8 Å². The van der Waals surface area contributed by atoms with Crippen LogP contribution in [0.15, 0.2) is 18.2 Å². The van der Waals surface area contributed by atoms with Crippen LogP contribution in [0.4, 0.5) is 4.39 Å². The van der Waals surface area contributed by atoms with Crippen LogP contribution in [-0.2, 0) is 0 Å². The fraction of sp³-hybridized carbons (Fsp3) is 0.250. The van der Waals surface area contributed by atoms with Crippen LogP contribution in [0.1, 0.15) is 23.7 Å². The molecule has 2 nitrogen and oxygen atoms in total. The fourth-order valence-electron chi connectivity index (χ4n) is 1.12. The Morgan fingerprint density at radius 2 is 2.33 bits per heavy atom. The summed E-state index contributed by atoms with van der Waals surface area (Å²) in [5.41, 5.74) is 0.243. The summed E-state index contributed by atoms with van der Waals surface area (Å²) < 4.78 is 18.1. The Morgan fingerprint density at radius 3 is 2.93 bits per heavy atom. The standard InChI is InChI=1S/C12H11FO2/c1-3-4-7-15-12-6-5-10(13)8-11(12)9(2)14/h1,5-6,8H,4,7H2,2H3. The number of ketones is 1. The maximum absolute atomic E-state index is 12.9. The van der Waals surface area contributed by atoms with E-state index >= 15 is 0 Å². The predicted octanol–water partition coefficient (Wildman–Crippen LogP) is 2.43. The van der Waals surface area contributed by atoms with E-state index in [0.717, 1.165) is 6.07 Å². The van der Waals surface area contributed by atoms with Gasteiger partial charge in [0.15, 0.2) is 5.78 Å². The zero-order chi connectivity index (χ0) is 11.3. The molecule has 0 aromatic heterocycles. The van der Waals surface area contributed by atoms with Gasteiger partial charge in [0.05, 0.1) is 12.2 Å². The smallest absolute Gasteiger partial charge is 0.163 e. The Morgan fingerprint density at radius 1 is 1.60 bits per heavy atom. The number of carbonyl (C=O) groups is 1. The molecule has 78 valence electrons. The van der Waals surface area contributed by atoms with Crippen molar-refractivity contribution in [1.29, 1.82) is 0 Å². The molecule has 3 heteroatoms. The first-order chi connectivity index (χ1) is 7.15. The lowest BCUT2D eigenvalue weighted by atomic mass is 10.1. The fourth-order valence-corrected chi connectivity index (χ4v) is 1.12. The van der Waals surface area contributed by atoms with Crippen LogP contribution < -0.4 is 4.74 Å². The van der Waals surface area contributed by atoms with Gasteiger partial charge in [-0.3, -0.25) is 4.79 Å². The van der Waals surface area contributed by atoms with E-state index in [1.165, 1.54) is 19.1 Å². The predicted molar refractivity (Wildman–Crippen MR) is 55.3 cm³/mol. The molecule has 1 aromatic carbocycles. The minimum atomic E-state index is -0.454. The van der Waals surface area contributed by atoms with Gasteiger partial charge in [-0.1, -0.05) is 0 Å². The molecule has 0 saturated carbocycles. The molecule has 0 aliphatic rings. The second-order valence-electron chi connectivity index (χ2n) is 3.00. The lowest BCUT2D eigenvalue weighted by Crippen LogP contribution is -2.02. The van der Waals surface area contributed by atoms with Crippen LogP contribution in [0.2, 0.25) is 0 Å². The van der Waals surface area contributed by atoms with Crippen LogP contribution >= 0.6 is 0 Å². The SMILES string of the molecule is C#CCCOc1ccc(F)cc1C(C)=O. The molecular formula is C12H11FO2. The van der Waals surface area contributed by atoms with Gasteiger partial charge < -0.3 is 4.74 Å². The maximum atomic E-state index is 12.9. The number of terminal acetylenes is 1. The Bertz CT molecular complexity index is 405. The van der Waals surface area contributed by atoms with Gasteiger partial charge in [0.25, 0.3) is 0 Å². The molecular weight excluding hydrogens is 195 g/mol. The molecule has 1 rings (SSSR count). The second kappa shape index (κ2) is 5.16. The minimum Gasteiger partial charge on any atom is -0.492 e. The van der Waals surface area contributed by atoms with E-state index in [-0.39, 0.29) is 11.3 Å². The number of Topliss-reactive ketones (excluding diaryl/α,β-unsaturated/α-hetero) is 1. The molecule has 0 N–H and O–H groups in total. The highest BCUT2D eigenvalue weighted by atomic mass is 19.1. The van der Waals surface area contributed by atoms with Crippen molar-refractivity contribution >= 4 is 5.78 Å². The number of rotatable bonds is 4. The molecule has 0 saturated heterocycles. The van der Waals surface area contributed by atoms with Gasteiger partial charge in [0.2, 0.25) is 0 Å². The molecule has 0 bridgehead atoms. The average molecular weight is 206 g/mol. The first-order valence-electron chi connectivity index (χ1n) is 4.52. The van der Waals surface area contributed by atoms with E-state index in [2.05, 4.69) is 5.92 Å². The Hall–Kier alpha value is -1.82. The van der Waals surface area contributed by atoms with Gasteiger partial charge in [0.1, 0.15) is 11.6 Å². The summed E-state index contributed by atoms with van der Waals surface area (Å²) in [5.74, 6) is 2.10. The third kappa shape index (κ3) is 3.10. The lowest BCUT2D eigenvalue weighted by molar-refractivity contribution is 0.101. The van der Waals surface area contributed by atoms with Gasteiger partial charge in [-0.15, -0.1) is 12.3 Å². The molecule has 0 heterocycles. The Labute approximate surface area is 88.1 Å². The van der Waals surface area contributed by atoms with Crippen molar-refractivity contribution in [3.8, 4) is 18.1 Å². The average Bonchev–Trinajstić information content (AvgIpc) is 2.20. The van der Waals surface area contributed by atoms with E-state index in [1.54, 1.807) is 0 Å². The van der Waals surface area contributed by atoms with E-state index in [9.17, 15) is 9.18 Å². The third-order valence-electron chi connectivity index (χ3n) is 1.82. The maximum Gasteiger partial charge on any atom is 0.163 e. The van der Waals surface area contributed by atoms with Crippen molar-refractivity contribution < 1.29 is 13.9 Å². The van der Waals surface area contributed by atoms with E-state index in [4.69, 9.17) is 11.2 Å². The first kappa shape index (κ1) is 11.3. The van der Waals surface area contributed by atoms with Gasteiger partial charge in [0, 0.05) is 6.42 Å². The van der Waals surface area contributed by atoms with Gasteiger partial charge >= 0.3 is 0 Å². The van der Waals surface area contributed by atoms with Crippen LogP contribution in [0, 0.1) is 18.2 Å². The van der Waals surface area contributed by atoms with Crippen LogP contribution in [0.25, 0.3) is 0 Å². The quantitative estimate of drug-likeness (QED) is 0.429. The number of hydrogen-bond donors (Lipinski definition) is 0. The van der Waals surface area contributed by atoms with Gasteiger partial charge in [-0.2, -0.15) is 0 Å². The van der Waals surface area contributed by atoms with Crippen LogP contribution in [-0.4, -0.2) is 12.4 Å². The van der Waals surface area contributed by atoms with Crippen molar-refractivity contribution in [2.75, 3.05) is 6.61 Å². The molecule has 0 radical (unpaired) electrons. The highest BCUT2D eigenvalue weighted by molar-refractivity contribution is 5.96. The monoisotopic (exact) mass is 206 g/mol. The summed E-state index contributed by atoms with van der Waals surface area (Å²) in [6, 6.07) is 3.84. The molecule has 0 unspecified atom stereocenters. The van der Waals surface area contributed by atoms with Crippen LogP contribution in [0.3, 0.4) is 0 Å². The molecule has 1 aromatic rings. The summed E-state index contributed by atoms with van der Waals surface area (Å²) in [6.45, 7) is 1.69. The molecule has 0 atom stereocenters. The highest BCUT2D eigenvalue weighted by Gasteiger charge is 2.09. The summed E-state index contributed by atoms with van der Waals surface area (Å²) in [7, 11) is 0. The minimum absolute atomic E-state index is 0.231. The zero-order valence-electron chi connectivity index (χ0n) is 8.42. The Kier molecular flexibility index (Phi) is 3.87. The van der Waals surface area contributed by atoms with Gasteiger partial charge in [-0.05, 0) is 25.1 Å². The molecule has 0 aliphatic heterocycles. The van der Waals surface area contributed by atoms with Crippen LogP contribution in [0.5, 0.6) is 5.75 Å². The second-order valence-corrected chi connectivity index (χ2v) is 3.00. The largest absolute Gasteiger partial charge is 0.492 e. The van der Waals surface area contributed by atoms with Crippen molar-refractivity contribution in [2.45, 2.75) is 13.3 Å². The topological polar surface area (TPSA) is 26.3 Å². The first-order valence-corrected chi connectivity index (χ1v) is 4.52. The molecule has 0 amide bonds. The third-order valence-corrected chi connectivity index (χ3v) is 1.82. The number of halogens is 1. The summed E-state index contributed by atoms with van der Waals surface area (Å²) >= 11 is 0. The van der Waals surface area contributed by atoms with Crippen molar-refractivity contribution in [1.82, 2.24) is 0 Å². The van der Waals surface area contributed by atoms with Crippen molar-refractivity contribution in [3.05, 3.63) is 29.6 Å². The molecule has 15 heavy (non-hydrogen) atoms. The lowest BCUT2D eigenvalue weighted by Gasteiger charge is -2.08. The molecule has 0 spiro atoms. The highest BCUT2D eigenvalue weighted by Crippen LogP contribution is 2.20. The van der Waals surface area contributed by atoms with E-state index in [1.807, 2.05) is 0 Å².